The van der Waals surface area contributed by atoms with E-state index in [1.54, 1.807) is 6.92 Å². The van der Waals surface area contributed by atoms with Gasteiger partial charge in [-0.2, -0.15) is 5.10 Å². The van der Waals surface area contributed by atoms with Crippen molar-refractivity contribution in [3.05, 3.63) is 46.3 Å². The lowest BCUT2D eigenvalue weighted by atomic mass is 9.84. The summed E-state index contributed by atoms with van der Waals surface area (Å²) in [6.07, 6.45) is 6.45. The number of non-ortho nitro benzene ring substituents is 1. The summed E-state index contributed by atoms with van der Waals surface area (Å²) in [6, 6.07) is 5.77. The number of carbonyl (C=O) groups excluding carboxylic acids is 2. The summed E-state index contributed by atoms with van der Waals surface area (Å²) in [5, 5.41) is 18.1. The quantitative estimate of drug-likeness (QED) is 0.349. The van der Waals surface area contributed by atoms with Gasteiger partial charge in [0.1, 0.15) is 0 Å². The molecule has 10 nitrogen and oxygen atoms in total. The highest BCUT2D eigenvalue weighted by Crippen LogP contribution is 2.49. The fourth-order valence-corrected chi connectivity index (χ4v) is 5.12. The average molecular weight is 456 g/mol. The van der Waals surface area contributed by atoms with Crippen LogP contribution in [0.25, 0.3) is 5.69 Å². The number of nitrogens with zero attached hydrogens (tertiary/aromatic N) is 3. The van der Waals surface area contributed by atoms with E-state index in [1.165, 1.54) is 60.8 Å². The first-order chi connectivity index (χ1) is 15.9. The van der Waals surface area contributed by atoms with Gasteiger partial charge in [-0.05, 0) is 63.0 Å². The van der Waals surface area contributed by atoms with Crippen molar-refractivity contribution in [1.82, 2.24) is 15.1 Å². The fourth-order valence-electron chi connectivity index (χ4n) is 5.12. The summed E-state index contributed by atoms with van der Waals surface area (Å²) < 4.78 is 12.1. The van der Waals surface area contributed by atoms with Crippen molar-refractivity contribution in [2.24, 2.45) is 17.8 Å². The van der Waals surface area contributed by atoms with E-state index in [4.69, 9.17) is 9.47 Å². The summed E-state index contributed by atoms with van der Waals surface area (Å²) in [4.78, 5) is 35.3. The molecule has 2 aromatic rings. The van der Waals surface area contributed by atoms with E-state index in [0.29, 0.717) is 17.5 Å². The number of nitro benzene ring substituents is 1. The molecule has 4 atom stereocenters. The molecule has 1 amide bonds. The van der Waals surface area contributed by atoms with Gasteiger partial charge in [0.05, 0.1) is 23.4 Å². The zero-order chi connectivity index (χ0) is 23.5. The molecule has 2 bridgehead atoms. The number of aromatic nitrogens is 2. The van der Waals surface area contributed by atoms with E-state index in [0.717, 1.165) is 5.92 Å². The van der Waals surface area contributed by atoms with Gasteiger partial charge in [0.15, 0.2) is 12.4 Å². The third-order valence-corrected chi connectivity index (χ3v) is 6.66. The zero-order valence-electron chi connectivity index (χ0n) is 18.7. The van der Waals surface area contributed by atoms with Crippen LogP contribution in [0.2, 0.25) is 0 Å². The zero-order valence-corrected chi connectivity index (χ0v) is 18.7. The SMILES string of the molecule is CCOC(=O)c1nn(-c2ccc([N+](=O)[O-])cc2)cc1OCC(=O)N[C@@H](C)[C@H]1C[C@H]2CC[C@H]1C2. The number of benzene rings is 1. The minimum absolute atomic E-state index is 0.0609. The average Bonchev–Trinajstić information content (AvgIpc) is 3.53. The molecule has 2 saturated carbocycles. The molecule has 0 saturated heterocycles. The molecular formula is C23H28N4O6. The summed E-state index contributed by atoms with van der Waals surface area (Å²) >= 11 is 0. The van der Waals surface area contributed by atoms with E-state index in [1.807, 2.05) is 6.92 Å². The first kappa shape index (κ1) is 22.8. The minimum atomic E-state index is -0.677. The number of ether oxygens (including phenoxy) is 2. The van der Waals surface area contributed by atoms with Gasteiger partial charge in [0, 0.05) is 18.2 Å². The second-order valence-electron chi connectivity index (χ2n) is 8.76. The molecule has 33 heavy (non-hydrogen) atoms. The van der Waals surface area contributed by atoms with Crippen LogP contribution in [-0.2, 0) is 9.53 Å². The van der Waals surface area contributed by atoms with Gasteiger partial charge in [-0.15, -0.1) is 0 Å². The van der Waals surface area contributed by atoms with E-state index >= 15 is 0 Å². The number of nitro groups is 1. The van der Waals surface area contributed by atoms with Crippen LogP contribution in [0.4, 0.5) is 5.69 Å². The molecule has 1 N–H and O–H groups in total. The van der Waals surface area contributed by atoms with Gasteiger partial charge in [-0.3, -0.25) is 14.9 Å². The molecule has 0 aliphatic heterocycles. The van der Waals surface area contributed by atoms with Crippen molar-refractivity contribution in [3.63, 3.8) is 0 Å². The Labute approximate surface area is 191 Å². The Hall–Kier alpha value is -3.43. The number of fused-ring (bicyclic) bond motifs is 2. The summed E-state index contributed by atoms with van der Waals surface area (Å²) in [7, 11) is 0. The minimum Gasteiger partial charge on any atom is -0.480 e. The molecule has 0 unspecified atom stereocenters. The molecule has 4 rings (SSSR count). The molecule has 1 aromatic heterocycles. The molecule has 10 heteroatoms. The smallest absolute Gasteiger partial charge is 0.362 e. The largest absolute Gasteiger partial charge is 0.480 e. The number of rotatable bonds is 9. The van der Waals surface area contributed by atoms with Crippen molar-refractivity contribution in [1.29, 1.82) is 0 Å². The molecule has 2 aliphatic rings. The van der Waals surface area contributed by atoms with E-state index in [9.17, 15) is 19.7 Å². The number of hydrogen-bond acceptors (Lipinski definition) is 7. The normalized spacial score (nSPS) is 22.1. The Morgan fingerprint density at radius 1 is 1.27 bits per heavy atom. The number of carbonyl (C=O) groups is 2. The standard InChI is InChI=1S/C23H28N4O6/c1-3-32-23(29)22-20(12-26(25-22)17-6-8-18(9-7-17)27(30)31)33-13-21(28)24-14(2)19-11-15-4-5-16(19)10-15/h6-9,12,14-16,19H,3-5,10-11,13H2,1-2H3,(H,24,28)/t14-,15-,16-,19+/m0/s1. The number of nitrogens with one attached hydrogen (secondary N) is 1. The summed E-state index contributed by atoms with van der Waals surface area (Å²) in [5.74, 6) is 1.17. The van der Waals surface area contributed by atoms with Gasteiger partial charge >= 0.3 is 5.97 Å². The molecule has 176 valence electrons. The maximum absolute atomic E-state index is 12.5. The Kier molecular flexibility index (Phi) is 6.62. The van der Waals surface area contributed by atoms with Crippen LogP contribution in [0.3, 0.4) is 0 Å². The lowest BCUT2D eigenvalue weighted by molar-refractivity contribution is -0.384. The predicted molar refractivity (Wildman–Crippen MR) is 118 cm³/mol. The van der Waals surface area contributed by atoms with Gasteiger partial charge in [-0.25, -0.2) is 9.48 Å². The molecular weight excluding hydrogens is 428 g/mol. The van der Waals surface area contributed by atoms with Crippen molar-refractivity contribution < 1.29 is 24.0 Å². The lowest BCUT2D eigenvalue weighted by Crippen LogP contribution is -2.42. The van der Waals surface area contributed by atoms with Gasteiger partial charge < -0.3 is 14.8 Å². The second-order valence-corrected chi connectivity index (χ2v) is 8.76. The van der Waals surface area contributed by atoms with Gasteiger partial charge in [-0.1, -0.05) is 6.42 Å². The van der Waals surface area contributed by atoms with Crippen LogP contribution in [-0.4, -0.2) is 45.8 Å². The van der Waals surface area contributed by atoms with Gasteiger partial charge in [0.2, 0.25) is 5.69 Å². The van der Waals surface area contributed by atoms with Crippen molar-refractivity contribution in [2.75, 3.05) is 13.2 Å². The van der Waals surface area contributed by atoms with Crippen LogP contribution in [0.1, 0.15) is 50.0 Å². The topological polar surface area (TPSA) is 126 Å². The number of amides is 1. The third kappa shape index (κ3) is 4.99. The molecule has 1 heterocycles. The number of hydrogen-bond donors (Lipinski definition) is 1. The van der Waals surface area contributed by atoms with E-state index < -0.39 is 10.9 Å². The lowest BCUT2D eigenvalue weighted by Gasteiger charge is -2.28. The molecule has 1 aromatic carbocycles. The third-order valence-electron chi connectivity index (χ3n) is 6.66. The molecule has 2 aliphatic carbocycles. The maximum Gasteiger partial charge on any atom is 0.362 e. The van der Waals surface area contributed by atoms with Crippen molar-refractivity contribution in [2.45, 2.75) is 45.6 Å². The predicted octanol–water partition coefficient (Wildman–Crippen LogP) is 3.28. The van der Waals surface area contributed by atoms with Crippen molar-refractivity contribution in [3.8, 4) is 11.4 Å². The number of esters is 1. The Bertz CT molecular complexity index is 1030. The highest BCUT2D eigenvalue weighted by Gasteiger charge is 2.42. The monoisotopic (exact) mass is 456 g/mol. The van der Waals surface area contributed by atoms with Gasteiger partial charge in [0.25, 0.3) is 11.6 Å². The molecule has 0 radical (unpaired) electrons. The molecule has 2 fully saturated rings. The Morgan fingerprint density at radius 2 is 2.03 bits per heavy atom. The van der Waals surface area contributed by atoms with Crippen LogP contribution in [0.15, 0.2) is 30.5 Å². The van der Waals surface area contributed by atoms with Crippen LogP contribution in [0, 0.1) is 27.9 Å². The molecule has 0 spiro atoms. The highest BCUT2D eigenvalue weighted by molar-refractivity contribution is 5.90. The summed E-state index contributed by atoms with van der Waals surface area (Å²) in [6.45, 7) is 3.62. The fraction of sp³-hybridized carbons (Fsp3) is 0.522. The first-order valence-electron chi connectivity index (χ1n) is 11.3. The van der Waals surface area contributed by atoms with Crippen LogP contribution >= 0.6 is 0 Å². The maximum atomic E-state index is 12.5. The van der Waals surface area contributed by atoms with Crippen LogP contribution in [0.5, 0.6) is 5.75 Å². The Morgan fingerprint density at radius 3 is 2.64 bits per heavy atom. The van der Waals surface area contributed by atoms with E-state index in [2.05, 4.69) is 10.4 Å². The Balaban J connectivity index is 1.43. The second kappa shape index (κ2) is 9.60. The summed E-state index contributed by atoms with van der Waals surface area (Å²) in [5.41, 5.74) is 0.369. The van der Waals surface area contributed by atoms with E-state index in [-0.39, 0.29) is 42.3 Å². The highest BCUT2D eigenvalue weighted by atomic mass is 16.6. The van der Waals surface area contributed by atoms with Crippen molar-refractivity contribution >= 4 is 17.6 Å². The first-order valence-corrected chi connectivity index (χ1v) is 11.3. The van der Waals surface area contributed by atoms with Crippen LogP contribution < -0.4 is 10.1 Å².